The number of nitrogens with zero attached hydrogens (tertiary/aromatic N) is 1. The van der Waals surface area contributed by atoms with Crippen molar-refractivity contribution in [3.05, 3.63) is 35.4 Å². The number of ether oxygens (including phenoxy) is 1. The van der Waals surface area contributed by atoms with Crippen molar-refractivity contribution in [1.82, 2.24) is 4.90 Å². The van der Waals surface area contributed by atoms with Crippen molar-refractivity contribution < 1.29 is 13.7 Å². The molecule has 116 valence electrons. The van der Waals surface area contributed by atoms with Gasteiger partial charge in [0, 0.05) is 29.6 Å². The Bertz CT molecular complexity index is 556. The fourth-order valence-corrected chi connectivity index (χ4v) is 4.08. The molecule has 0 N–H and O–H groups in total. The average molecular weight is 309 g/mol. The summed E-state index contributed by atoms with van der Waals surface area (Å²) in [7, 11) is 0.559. The van der Waals surface area contributed by atoms with Gasteiger partial charge in [-0.15, -0.1) is 0 Å². The van der Waals surface area contributed by atoms with Crippen LogP contribution in [0.15, 0.2) is 24.3 Å². The second-order valence-electron chi connectivity index (χ2n) is 6.06. The molecule has 0 spiro atoms. The van der Waals surface area contributed by atoms with Gasteiger partial charge < -0.3 is 4.74 Å². The highest BCUT2D eigenvalue weighted by molar-refractivity contribution is 7.86. The minimum absolute atomic E-state index is 0.257. The van der Waals surface area contributed by atoms with Crippen LogP contribution in [0.1, 0.15) is 31.0 Å². The number of aryl methyl sites for hydroxylation is 1. The summed E-state index contributed by atoms with van der Waals surface area (Å²) in [6.45, 7) is 7.24. The lowest BCUT2D eigenvalue weighted by Crippen LogP contribution is -2.52. The lowest BCUT2D eigenvalue weighted by Gasteiger charge is -2.40. The van der Waals surface area contributed by atoms with Crippen LogP contribution in [0.2, 0.25) is 0 Å². The summed E-state index contributed by atoms with van der Waals surface area (Å²) in [4.78, 5) is 14.4. The predicted molar refractivity (Wildman–Crippen MR) is 84.6 cm³/mol. The van der Waals surface area contributed by atoms with E-state index in [1.54, 1.807) is 0 Å². The highest BCUT2D eigenvalue weighted by Crippen LogP contribution is 2.30. The van der Waals surface area contributed by atoms with Gasteiger partial charge in [-0.05, 0) is 31.9 Å². The first-order valence-corrected chi connectivity index (χ1v) is 8.44. The molecule has 1 heterocycles. The molecule has 0 bridgehead atoms. The molecule has 0 aromatic heterocycles. The standard InChI is InChI=1S/C16H23NO3S/c1-12-7-5-6-8-13(12)14(15(18)20-4)17-9-10-21(19)16(2,3)11-17/h5-8,14H,9-11H2,1-4H3/t14-,21-/m1/s1. The molecule has 2 atom stereocenters. The van der Waals surface area contributed by atoms with Gasteiger partial charge in [0.05, 0.1) is 11.9 Å². The number of rotatable bonds is 3. The van der Waals surface area contributed by atoms with Gasteiger partial charge in [-0.1, -0.05) is 24.3 Å². The molecule has 21 heavy (non-hydrogen) atoms. The van der Waals surface area contributed by atoms with Gasteiger partial charge in [-0.3, -0.25) is 9.11 Å². The van der Waals surface area contributed by atoms with Crippen molar-refractivity contribution in [3.63, 3.8) is 0 Å². The van der Waals surface area contributed by atoms with Crippen LogP contribution in [0.4, 0.5) is 0 Å². The van der Waals surface area contributed by atoms with Crippen molar-refractivity contribution >= 4 is 16.8 Å². The van der Waals surface area contributed by atoms with E-state index in [-0.39, 0.29) is 10.7 Å². The van der Waals surface area contributed by atoms with Crippen molar-refractivity contribution in [3.8, 4) is 0 Å². The summed E-state index contributed by atoms with van der Waals surface area (Å²) < 4.78 is 16.8. The summed E-state index contributed by atoms with van der Waals surface area (Å²) >= 11 is 0. The van der Waals surface area contributed by atoms with Crippen LogP contribution in [0.3, 0.4) is 0 Å². The molecule has 1 fully saturated rings. The van der Waals surface area contributed by atoms with Gasteiger partial charge in [-0.25, -0.2) is 4.79 Å². The Kier molecular flexibility index (Phi) is 4.84. The molecule has 0 unspecified atom stereocenters. The zero-order valence-electron chi connectivity index (χ0n) is 13.1. The van der Waals surface area contributed by atoms with Gasteiger partial charge in [0.2, 0.25) is 0 Å². The van der Waals surface area contributed by atoms with E-state index in [0.29, 0.717) is 18.8 Å². The average Bonchev–Trinajstić information content (AvgIpc) is 2.44. The molecule has 1 aliphatic rings. The molecule has 0 aliphatic carbocycles. The van der Waals surface area contributed by atoms with Crippen molar-refractivity contribution in [2.75, 3.05) is 26.0 Å². The SMILES string of the molecule is COC(=O)[C@@H](c1ccccc1C)N1CC[S@@](=O)C(C)(C)C1. The number of carbonyl (C=O) groups is 1. The third-order valence-corrected chi connectivity index (χ3v) is 5.95. The number of hydrogen-bond acceptors (Lipinski definition) is 4. The van der Waals surface area contributed by atoms with Crippen molar-refractivity contribution in [2.24, 2.45) is 0 Å². The zero-order valence-corrected chi connectivity index (χ0v) is 13.9. The number of hydrogen-bond donors (Lipinski definition) is 0. The summed E-state index contributed by atoms with van der Waals surface area (Å²) in [5, 5.41) is 0. The van der Waals surface area contributed by atoms with Gasteiger partial charge in [0.1, 0.15) is 6.04 Å². The maximum atomic E-state index is 12.3. The predicted octanol–water partition coefficient (Wildman–Crippen LogP) is 2.05. The maximum Gasteiger partial charge on any atom is 0.327 e. The van der Waals surface area contributed by atoms with Crippen molar-refractivity contribution in [1.29, 1.82) is 0 Å². The minimum atomic E-state index is -0.858. The summed E-state index contributed by atoms with van der Waals surface area (Å²) in [5.41, 5.74) is 2.03. The first-order valence-electron chi connectivity index (χ1n) is 7.12. The van der Waals surface area contributed by atoms with Crippen LogP contribution in [-0.2, 0) is 20.3 Å². The lowest BCUT2D eigenvalue weighted by molar-refractivity contribution is -0.147. The van der Waals surface area contributed by atoms with E-state index in [1.165, 1.54) is 7.11 Å². The van der Waals surface area contributed by atoms with E-state index in [2.05, 4.69) is 4.90 Å². The van der Waals surface area contributed by atoms with E-state index >= 15 is 0 Å². The molecule has 0 saturated carbocycles. The second-order valence-corrected chi connectivity index (χ2v) is 8.27. The Morgan fingerprint density at radius 3 is 2.62 bits per heavy atom. The van der Waals surface area contributed by atoms with E-state index in [0.717, 1.165) is 11.1 Å². The highest BCUT2D eigenvalue weighted by Gasteiger charge is 2.39. The third-order valence-electron chi connectivity index (χ3n) is 4.04. The molecule has 1 saturated heterocycles. The number of benzene rings is 1. The maximum absolute atomic E-state index is 12.3. The number of carbonyl (C=O) groups excluding carboxylic acids is 1. The molecule has 0 radical (unpaired) electrons. The van der Waals surface area contributed by atoms with Gasteiger partial charge in [0.25, 0.3) is 0 Å². The minimum Gasteiger partial charge on any atom is -0.468 e. The van der Waals surface area contributed by atoms with Gasteiger partial charge in [0.15, 0.2) is 0 Å². The Morgan fingerprint density at radius 1 is 1.38 bits per heavy atom. The Balaban J connectivity index is 2.36. The lowest BCUT2D eigenvalue weighted by atomic mass is 9.98. The second kappa shape index (κ2) is 6.28. The van der Waals surface area contributed by atoms with Crippen LogP contribution in [0.25, 0.3) is 0 Å². The topological polar surface area (TPSA) is 46.6 Å². The molecular formula is C16H23NO3S. The van der Waals surface area contributed by atoms with E-state index in [9.17, 15) is 9.00 Å². The third kappa shape index (κ3) is 3.35. The van der Waals surface area contributed by atoms with Crippen LogP contribution < -0.4 is 0 Å². The normalized spacial score (nSPS) is 23.5. The first kappa shape index (κ1) is 16.2. The smallest absolute Gasteiger partial charge is 0.327 e. The Morgan fingerprint density at radius 2 is 2.05 bits per heavy atom. The molecule has 4 nitrogen and oxygen atoms in total. The fraction of sp³-hybridized carbons (Fsp3) is 0.562. The van der Waals surface area contributed by atoms with Crippen LogP contribution in [0, 0.1) is 6.92 Å². The molecular weight excluding hydrogens is 286 g/mol. The quantitative estimate of drug-likeness (QED) is 0.802. The van der Waals surface area contributed by atoms with E-state index in [1.807, 2.05) is 45.0 Å². The number of esters is 1. The number of methoxy groups -OCH3 is 1. The van der Waals surface area contributed by atoms with E-state index < -0.39 is 16.8 Å². The zero-order chi connectivity index (χ0) is 15.6. The van der Waals surface area contributed by atoms with Crippen LogP contribution >= 0.6 is 0 Å². The Labute approximate surface area is 128 Å². The highest BCUT2D eigenvalue weighted by atomic mass is 32.2. The first-order chi connectivity index (χ1) is 9.86. The molecule has 5 heteroatoms. The van der Waals surface area contributed by atoms with Crippen LogP contribution in [0.5, 0.6) is 0 Å². The van der Waals surface area contributed by atoms with Gasteiger partial charge in [-0.2, -0.15) is 0 Å². The van der Waals surface area contributed by atoms with Gasteiger partial charge >= 0.3 is 5.97 Å². The monoisotopic (exact) mass is 309 g/mol. The van der Waals surface area contributed by atoms with Crippen molar-refractivity contribution in [2.45, 2.75) is 31.6 Å². The molecule has 1 aromatic rings. The summed E-state index contributed by atoms with van der Waals surface area (Å²) in [6, 6.07) is 7.44. The molecule has 0 amide bonds. The molecule has 1 aromatic carbocycles. The van der Waals surface area contributed by atoms with Crippen LogP contribution in [-0.4, -0.2) is 45.8 Å². The fourth-order valence-electron chi connectivity index (χ4n) is 2.81. The summed E-state index contributed by atoms with van der Waals surface area (Å²) in [5.74, 6) is 0.333. The molecule has 2 rings (SSSR count). The molecule has 1 aliphatic heterocycles. The summed E-state index contributed by atoms with van der Waals surface area (Å²) in [6.07, 6.45) is 0. The largest absolute Gasteiger partial charge is 0.468 e. The van der Waals surface area contributed by atoms with E-state index in [4.69, 9.17) is 4.74 Å². The Hall–Kier alpha value is -1.20.